The molecule has 3 heterocycles. The fraction of sp³-hybridized carbons (Fsp3) is 0.312. The van der Waals surface area contributed by atoms with Crippen LogP contribution in [-0.2, 0) is 25.7 Å². The number of anilines is 1. The monoisotopic (exact) mass is 570 g/mol. The standard InChI is InChI=1S/C32H27FN2O5S/c1-32-23(29(38)35(31(32)40)17-7-3-2-4-8-17)15-22-19(26(32)21-10-5-11-24(33)27(21)36)12-13-20-25(22)30(39)34(28(20)37)16-18-9-6-14-41-18/h2-12,14,20,22-23,25-26,36H,13,15-16H2,1H3/t20-,22+,23-,25-,26+,32+/m0/s1. The number of rotatable bonds is 4. The van der Waals surface area contributed by atoms with E-state index in [1.54, 1.807) is 43.3 Å². The number of fused-ring (bicyclic) bond motifs is 4. The van der Waals surface area contributed by atoms with Crippen LogP contribution in [0.25, 0.3) is 0 Å². The van der Waals surface area contributed by atoms with Gasteiger partial charge in [0, 0.05) is 16.4 Å². The summed E-state index contributed by atoms with van der Waals surface area (Å²) in [6.45, 7) is 1.91. The molecule has 0 bridgehead atoms. The number of para-hydroxylation sites is 2. The second-order valence-corrected chi connectivity index (χ2v) is 12.5. The van der Waals surface area contributed by atoms with Gasteiger partial charge in [-0.15, -0.1) is 11.3 Å². The fourth-order valence-electron chi connectivity index (χ4n) is 7.73. The highest BCUT2D eigenvalue weighted by Gasteiger charge is 2.67. The zero-order chi connectivity index (χ0) is 28.6. The van der Waals surface area contributed by atoms with Crippen molar-refractivity contribution in [1.82, 2.24) is 4.90 Å². The summed E-state index contributed by atoms with van der Waals surface area (Å²) < 4.78 is 14.8. The van der Waals surface area contributed by atoms with E-state index in [1.807, 2.05) is 23.6 Å². The van der Waals surface area contributed by atoms with Gasteiger partial charge in [-0.05, 0) is 55.3 Å². The first kappa shape index (κ1) is 25.8. The Morgan fingerprint density at radius 1 is 0.951 bits per heavy atom. The molecule has 3 fully saturated rings. The zero-order valence-electron chi connectivity index (χ0n) is 22.2. The van der Waals surface area contributed by atoms with Crippen molar-refractivity contribution < 1.29 is 28.7 Å². The molecule has 2 saturated heterocycles. The predicted molar refractivity (Wildman–Crippen MR) is 149 cm³/mol. The van der Waals surface area contributed by atoms with Gasteiger partial charge >= 0.3 is 0 Å². The van der Waals surface area contributed by atoms with E-state index in [0.29, 0.717) is 17.7 Å². The first-order chi connectivity index (χ1) is 19.7. The van der Waals surface area contributed by atoms with Gasteiger partial charge < -0.3 is 5.11 Å². The van der Waals surface area contributed by atoms with Crippen LogP contribution >= 0.6 is 11.3 Å². The summed E-state index contributed by atoms with van der Waals surface area (Å²) in [5, 5.41) is 12.8. The summed E-state index contributed by atoms with van der Waals surface area (Å²) in [6, 6.07) is 16.6. The summed E-state index contributed by atoms with van der Waals surface area (Å²) >= 11 is 1.47. The van der Waals surface area contributed by atoms with Gasteiger partial charge in [-0.3, -0.25) is 24.1 Å². The molecule has 1 saturated carbocycles. The number of phenolic OH excluding ortho intramolecular Hbond substituents is 1. The Balaban J connectivity index is 1.36. The number of hydrogen-bond donors (Lipinski definition) is 1. The zero-order valence-corrected chi connectivity index (χ0v) is 23.0. The maximum absolute atomic E-state index is 14.8. The van der Waals surface area contributed by atoms with Crippen molar-refractivity contribution in [1.29, 1.82) is 0 Å². The minimum absolute atomic E-state index is 0.193. The number of nitrogens with zero attached hydrogens (tertiary/aromatic N) is 2. The Morgan fingerprint density at radius 2 is 1.73 bits per heavy atom. The average Bonchev–Trinajstić information content (AvgIpc) is 3.62. The van der Waals surface area contributed by atoms with Crippen LogP contribution in [0.1, 0.15) is 36.1 Å². The van der Waals surface area contributed by atoms with Crippen LogP contribution in [-0.4, -0.2) is 33.6 Å². The Bertz CT molecular complexity index is 1640. The molecule has 9 heteroatoms. The highest BCUT2D eigenvalue weighted by molar-refractivity contribution is 7.09. The Kier molecular flexibility index (Phi) is 5.80. The Hall–Kier alpha value is -4.11. The first-order valence-corrected chi connectivity index (χ1v) is 14.6. The maximum Gasteiger partial charge on any atom is 0.241 e. The number of amides is 4. The minimum atomic E-state index is -1.34. The molecule has 0 radical (unpaired) electrons. The molecule has 6 atom stereocenters. The smallest absolute Gasteiger partial charge is 0.241 e. The SMILES string of the molecule is C[C@@]12C(=O)N(c3ccccc3)C(=O)[C@@H]1C[C@@H]1C(=CC[C@@H]3C(=O)N(Cc4cccs4)C(=O)[C@@H]31)[C@@H]2c1cccc(F)c1O. The Labute approximate surface area is 239 Å². The number of imide groups is 2. The first-order valence-electron chi connectivity index (χ1n) is 13.7. The number of carbonyl (C=O) groups excluding carboxylic acids is 4. The molecule has 1 aromatic heterocycles. The second-order valence-electron chi connectivity index (χ2n) is 11.5. The van der Waals surface area contributed by atoms with E-state index in [9.17, 15) is 28.7 Å². The van der Waals surface area contributed by atoms with Crippen molar-refractivity contribution >= 4 is 40.7 Å². The highest BCUT2D eigenvalue weighted by atomic mass is 32.1. The van der Waals surface area contributed by atoms with E-state index in [4.69, 9.17) is 0 Å². The van der Waals surface area contributed by atoms with Crippen molar-refractivity contribution in [3.05, 3.63) is 94.0 Å². The van der Waals surface area contributed by atoms with E-state index in [1.165, 1.54) is 27.2 Å². The molecule has 2 aromatic carbocycles. The van der Waals surface area contributed by atoms with Crippen LogP contribution in [0.3, 0.4) is 0 Å². The molecule has 0 spiro atoms. The molecular weight excluding hydrogens is 543 g/mol. The van der Waals surface area contributed by atoms with Crippen molar-refractivity contribution in [3.63, 3.8) is 0 Å². The third-order valence-electron chi connectivity index (χ3n) is 9.60. The largest absolute Gasteiger partial charge is 0.505 e. The molecule has 7 rings (SSSR count). The number of hydrogen-bond acceptors (Lipinski definition) is 6. The minimum Gasteiger partial charge on any atom is -0.505 e. The molecule has 41 heavy (non-hydrogen) atoms. The van der Waals surface area contributed by atoms with E-state index < -0.39 is 58.4 Å². The van der Waals surface area contributed by atoms with E-state index in [-0.39, 0.29) is 30.3 Å². The van der Waals surface area contributed by atoms with E-state index in [2.05, 4.69) is 0 Å². The molecule has 4 amide bonds. The Morgan fingerprint density at radius 3 is 2.46 bits per heavy atom. The van der Waals surface area contributed by atoms with Gasteiger partial charge in [-0.1, -0.05) is 48.0 Å². The highest BCUT2D eigenvalue weighted by Crippen LogP contribution is 2.64. The third kappa shape index (κ3) is 3.54. The molecular formula is C32H27FN2O5S. The number of aromatic hydroxyl groups is 1. The summed E-state index contributed by atoms with van der Waals surface area (Å²) in [5.41, 5.74) is 0.0102. The number of thiophene rings is 1. The van der Waals surface area contributed by atoms with Gasteiger partial charge in [0.25, 0.3) is 0 Å². The molecule has 7 nitrogen and oxygen atoms in total. The third-order valence-corrected chi connectivity index (χ3v) is 10.5. The van der Waals surface area contributed by atoms with Gasteiger partial charge in [0.05, 0.1) is 35.4 Å². The number of halogens is 1. The van der Waals surface area contributed by atoms with Gasteiger partial charge in [-0.25, -0.2) is 9.29 Å². The van der Waals surface area contributed by atoms with E-state index in [0.717, 1.165) is 10.9 Å². The van der Waals surface area contributed by atoms with Crippen LogP contribution in [0.5, 0.6) is 5.75 Å². The van der Waals surface area contributed by atoms with Crippen molar-refractivity contribution in [2.45, 2.75) is 32.2 Å². The molecule has 4 aliphatic rings. The molecule has 2 aliphatic carbocycles. The van der Waals surface area contributed by atoms with Crippen molar-refractivity contribution in [2.75, 3.05) is 4.90 Å². The normalized spacial score (nSPS) is 30.8. The summed E-state index contributed by atoms with van der Waals surface area (Å²) in [4.78, 5) is 59.2. The predicted octanol–water partition coefficient (Wildman–Crippen LogP) is 5.02. The fourth-order valence-corrected chi connectivity index (χ4v) is 8.42. The summed E-state index contributed by atoms with van der Waals surface area (Å²) in [6.07, 6.45) is 2.39. The van der Waals surface area contributed by atoms with Gasteiger partial charge in [-0.2, -0.15) is 0 Å². The van der Waals surface area contributed by atoms with Crippen molar-refractivity contribution in [2.24, 2.45) is 29.1 Å². The number of carbonyl (C=O) groups is 4. The second kappa shape index (κ2) is 9.21. The molecule has 0 unspecified atom stereocenters. The molecule has 208 valence electrons. The van der Waals surface area contributed by atoms with Gasteiger partial charge in [0.2, 0.25) is 23.6 Å². The van der Waals surface area contributed by atoms with Crippen LogP contribution < -0.4 is 4.90 Å². The number of allylic oxidation sites excluding steroid dienone is 2. The quantitative estimate of drug-likeness (QED) is 0.351. The summed E-state index contributed by atoms with van der Waals surface area (Å²) in [5.74, 6) is -6.22. The van der Waals surface area contributed by atoms with Crippen LogP contribution in [0.2, 0.25) is 0 Å². The lowest BCUT2D eigenvalue weighted by Gasteiger charge is -2.49. The van der Waals surface area contributed by atoms with Gasteiger partial charge in [0.1, 0.15) is 0 Å². The van der Waals surface area contributed by atoms with Crippen LogP contribution in [0.4, 0.5) is 10.1 Å². The maximum atomic E-state index is 14.8. The number of phenols is 1. The van der Waals surface area contributed by atoms with Crippen LogP contribution in [0.15, 0.2) is 77.7 Å². The molecule has 2 aliphatic heterocycles. The van der Waals surface area contributed by atoms with Gasteiger partial charge in [0.15, 0.2) is 11.6 Å². The topological polar surface area (TPSA) is 95.0 Å². The molecule has 1 N–H and O–H groups in total. The lowest BCUT2D eigenvalue weighted by Crippen LogP contribution is -2.48. The lowest BCUT2D eigenvalue weighted by atomic mass is 9.51. The van der Waals surface area contributed by atoms with Crippen LogP contribution in [0, 0.1) is 34.9 Å². The summed E-state index contributed by atoms with van der Waals surface area (Å²) in [7, 11) is 0. The number of likely N-dealkylation sites (tertiary alicyclic amines) is 1. The van der Waals surface area contributed by atoms with Crippen molar-refractivity contribution in [3.8, 4) is 5.75 Å². The molecule has 3 aromatic rings. The number of benzene rings is 2. The average molecular weight is 571 g/mol. The lowest BCUT2D eigenvalue weighted by molar-refractivity contribution is -0.141. The van der Waals surface area contributed by atoms with E-state index >= 15 is 0 Å².